The molecule has 2 aromatic carbocycles. The molecule has 5 rings (SSSR count). The largest absolute Gasteiger partial charge is 0.369 e. The Morgan fingerprint density at radius 3 is 2.56 bits per heavy atom. The van der Waals surface area contributed by atoms with E-state index >= 15 is 0 Å². The highest BCUT2D eigenvalue weighted by atomic mass is 16.2. The van der Waals surface area contributed by atoms with Crippen molar-refractivity contribution in [3.63, 3.8) is 0 Å². The summed E-state index contributed by atoms with van der Waals surface area (Å²) in [6.45, 7) is 7.91. The number of benzene rings is 2. The number of anilines is 2. The van der Waals surface area contributed by atoms with Crippen LogP contribution in [-0.4, -0.2) is 41.2 Å². The Labute approximate surface area is 188 Å². The lowest BCUT2D eigenvalue weighted by atomic mass is 10.1. The third-order valence-electron chi connectivity index (χ3n) is 6.36. The van der Waals surface area contributed by atoms with Crippen LogP contribution < -0.4 is 15.5 Å². The van der Waals surface area contributed by atoms with Gasteiger partial charge in [-0.05, 0) is 49.7 Å². The molecule has 4 aromatic rings. The highest BCUT2D eigenvalue weighted by Crippen LogP contribution is 2.29. The molecule has 1 fully saturated rings. The molecule has 6 heteroatoms. The monoisotopic (exact) mass is 427 g/mol. The molecule has 0 bridgehead atoms. The maximum absolute atomic E-state index is 13.3. The fraction of sp³-hybridized carbons (Fsp3) is 0.269. The van der Waals surface area contributed by atoms with Gasteiger partial charge in [0.25, 0.3) is 0 Å². The molecule has 1 unspecified atom stereocenters. The summed E-state index contributed by atoms with van der Waals surface area (Å²) < 4.78 is 4.15. The van der Waals surface area contributed by atoms with Crippen LogP contribution in [0.3, 0.4) is 0 Å². The van der Waals surface area contributed by atoms with E-state index in [9.17, 15) is 4.79 Å². The second-order valence-electron chi connectivity index (χ2n) is 8.43. The van der Waals surface area contributed by atoms with Gasteiger partial charge in [0.15, 0.2) is 0 Å². The maximum Gasteiger partial charge on any atom is 0.247 e. The first kappa shape index (κ1) is 20.4. The minimum absolute atomic E-state index is 0.0228. The number of carbonyl (C=O) groups is 1. The normalized spacial score (nSPS) is 15.1. The van der Waals surface area contributed by atoms with E-state index < -0.39 is 0 Å². The molecule has 1 saturated heterocycles. The lowest BCUT2D eigenvalue weighted by Gasteiger charge is -2.30. The standard InChI is InChI=1S/C26H29N5O/c1-19-9-10-21(29-15-11-27-12-16-29)17-23(19)28-26(32)20(2)31-18-25(30-13-5-6-14-30)22-7-3-4-8-24(22)31/h3-10,13-14,17-18,20,27H,11-12,15-16H2,1-2H3,(H,28,32). The summed E-state index contributed by atoms with van der Waals surface area (Å²) in [6, 6.07) is 18.2. The summed E-state index contributed by atoms with van der Waals surface area (Å²) in [5, 5.41) is 7.70. The number of aromatic nitrogens is 2. The number of hydrogen-bond acceptors (Lipinski definition) is 3. The van der Waals surface area contributed by atoms with Crippen LogP contribution in [0.15, 0.2) is 73.2 Å². The second kappa shape index (κ2) is 8.55. The summed E-state index contributed by atoms with van der Waals surface area (Å²) in [5.74, 6) is -0.0228. The van der Waals surface area contributed by atoms with Gasteiger partial charge < -0.3 is 24.7 Å². The fourth-order valence-electron chi connectivity index (χ4n) is 4.44. The average Bonchev–Trinajstić information content (AvgIpc) is 3.48. The lowest BCUT2D eigenvalue weighted by Crippen LogP contribution is -2.43. The Hall–Kier alpha value is -3.51. The van der Waals surface area contributed by atoms with Gasteiger partial charge in [0.2, 0.25) is 5.91 Å². The van der Waals surface area contributed by atoms with Crippen LogP contribution in [0.25, 0.3) is 16.6 Å². The van der Waals surface area contributed by atoms with Crippen molar-refractivity contribution in [1.29, 1.82) is 0 Å². The van der Waals surface area contributed by atoms with E-state index in [0.717, 1.165) is 59.7 Å². The number of nitrogens with one attached hydrogen (secondary N) is 2. The predicted molar refractivity (Wildman–Crippen MR) is 131 cm³/mol. The van der Waals surface area contributed by atoms with Crippen molar-refractivity contribution >= 4 is 28.2 Å². The number of carbonyl (C=O) groups excluding carboxylic acids is 1. The van der Waals surface area contributed by atoms with Crippen molar-refractivity contribution in [2.75, 3.05) is 36.4 Å². The molecule has 0 saturated carbocycles. The number of hydrogen-bond donors (Lipinski definition) is 2. The fourth-order valence-corrected chi connectivity index (χ4v) is 4.44. The quantitative estimate of drug-likeness (QED) is 0.498. The van der Waals surface area contributed by atoms with Gasteiger partial charge in [-0.15, -0.1) is 0 Å². The van der Waals surface area contributed by atoms with Crippen LogP contribution in [0, 0.1) is 6.92 Å². The molecule has 1 aliphatic heterocycles. The number of fused-ring (bicyclic) bond motifs is 1. The molecule has 2 aromatic heterocycles. The molecular formula is C26H29N5O. The summed E-state index contributed by atoms with van der Waals surface area (Å²) in [4.78, 5) is 15.7. The highest BCUT2D eigenvalue weighted by molar-refractivity contribution is 5.97. The highest BCUT2D eigenvalue weighted by Gasteiger charge is 2.20. The Kier molecular flexibility index (Phi) is 5.45. The molecule has 6 nitrogen and oxygen atoms in total. The van der Waals surface area contributed by atoms with Gasteiger partial charge >= 0.3 is 0 Å². The van der Waals surface area contributed by atoms with E-state index in [1.807, 2.05) is 50.5 Å². The van der Waals surface area contributed by atoms with Crippen LogP contribution in [0.5, 0.6) is 0 Å². The number of nitrogens with zero attached hydrogens (tertiary/aromatic N) is 3. The molecule has 0 aliphatic carbocycles. The molecule has 2 N–H and O–H groups in total. The molecule has 1 amide bonds. The SMILES string of the molecule is Cc1ccc(N2CCNCC2)cc1NC(=O)C(C)n1cc(-n2cccc2)c2ccccc21. The van der Waals surface area contributed by atoms with Crippen LogP contribution in [0.1, 0.15) is 18.5 Å². The average molecular weight is 428 g/mol. The second-order valence-corrected chi connectivity index (χ2v) is 8.43. The summed E-state index contributed by atoms with van der Waals surface area (Å²) in [5.41, 5.74) is 5.21. The first-order valence-electron chi connectivity index (χ1n) is 11.2. The molecule has 164 valence electrons. The van der Waals surface area contributed by atoms with Crippen molar-refractivity contribution < 1.29 is 4.79 Å². The van der Waals surface area contributed by atoms with E-state index in [1.165, 1.54) is 0 Å². The van der Waals surface area contributed by atoms with Gasteiger partial charge in [0.05, 0.1) is 11.2 Å². The van der Waals surface area contributed by atoms with Gasteiger partial charge in [-0.1, -0.05) is 24.3 Å². The molecule has 32 heavy (non-hydrogen) atoms. The van der Waals surface area contributed by atoms with Crippen LogP contribution in [-0.2, 0) is 4.79 Å². The molecule has 3 heterocycles. The molecule has 0 radical (unpaired) electrons. The lowest BCUT2D eigenvalue weighted by molar-refractivity contribution is -0.118. The Morgan fingerprint density at radius 2 is 1.78 bits per heavy atom. The Balaban J connectivity index is 1.43. The summed E-state index contributed by atoms with van der Waals surface area (Å²) in [6.07, 6.45) is 6.13. The zero-order valence-corrected chi connectivity index (χ0v) is 18.6. The minimum atomic E-state index is -0.355. The van der Waals surface area contributed by atoms with Gasteiger partial charge in [-0.3, -0.25) is 4.79 Å². The van der Waals surface area contributed by atoms with Crippen LogP contribution >= 0.6 is 0 Å². The first-order valence-corrected chi connectivity index (χ1v) is 11.2. The third kappa shape index (κ3) is 3.78. The van der Waals surface area contributed by atoms with Crippen molar-refractivity contribution in [2.24, 2.45) is 0 Å². The molecule has 1 aliphatic rings. The van der Waals surface area contributed by atoms with E-state index in [2.05, 4.69) is 61.2 Å². The molecule has 1 atom stereocenters. The molecular weight excluding hydrogens is 398 g/mol. The number of para-hydroxylation sites is 1. The Bertz CT molecular complexity index is 1230. The van der Waals surface area contributed by atoms with Crippen LogP contribution in [0.2, 0.25) is 0 Å². The zero-order valence-electron chi connectivity index (χ0n) is 18.6. The number of aryl methyl sites for hydroxylation is 1. The van der Waals surface area contributed by atoms with E-state index in [-0.39, 0.29) is 11.9 Å². The molecule has 0 spiro atoms. The van der Waals surface area contributed by atoms with Gasteiger partial charge in [-0.25, -0.2) is 0 Å². The maximum atomic E-state index is 13.3. The topological polar surface area (TPSA) is 54.2 Å². The van der Waals surface area contributed by atoms with Crippen molar-refractivity contribution in [2.45, 2.75) is 19.9 Å². The van der Waals surface area contributed by atoms with Crippen molar-refractivity contribution in [1.82, 2.24) is 14.5 Å². The number of amides is 1. The van der Waals surface area contributed by atoms with Gasteiger partial charge in [0, 0.05) is 61.5 Å². The zero-order chi connectivity index (χ0) is 22.1. The predicted octanol–water partition coefficient (Wildman–Crippen LogP) is 4.35. The third-order valence-corrected chi connectivity index (χ3v) is 6.36. The van der Waals surface area contributed by atoms with Crippen molar-refractivity contribution in [3.8, 4) is 5.69 Å². The first-order chi connectivity index (χ1) is 15.6. The van der Waals surface area contributed by atoms with E-state index in [1.54, 1.807) is 0 Å². The van der Waals surface area contributed by atoms with Gasteiger partial charge in [-0.2, -0.15) is 0 Å². The minimum Gasteiger partial charge on any atom is -0.369 e. The Morgan fingerprint density at radius 1 is 1.03 bits per heavy atom. The van der Waals surface area contributed by atoms with Crippen LogP contribution in [0.4, 0.5) is 11.4 Å². The van der Waals surface area contributed by atoms with Crippen molar-refractivity contribution in [3.05, 3.63) is 78.8 Å². The number of rotatable bonds is 5. The van der Waals surface area contributed by atoms with E-state index in [0.29, 0.717) is 0 Å². The van der Waals surface area contributed by atoms with E-state index in [4.69, 9.17) is 0 Å². The summed E-state index contributed by atoms with van der Waals surface area (Å²) >= 11 is 0. The smallest absolute Gasteiger partial charge is 0.247 e. The van der Waals surface area contributed by atoms with Gasteiger partial charge in [0.1, 0.15) is 6.04 Å². The summed E-state index contributed by atoms with van der Waals surface area (Å²) in [7, 11) is 0. The number of piperazine rings is 1.